The van der Waals surface area contributed by atoms with Gasteiger partial charge < -0.3 is 14.3 Å². The van der Waals surface area contributed by atoms with Gasteiger partial charge in [0, 0.05) is 19.4 Å². The highest BCUT2D eigenvalue weighted by Gasteiger charge is 2.20. The summed E-state index contributed by atoms with van der Waals surface area (Å²) in [6.07, 6.45) is -0.322. The average molecular weight is 363 g/mol. The van der Waals surface area contributed by atoms with Gasteiger partial charge in [-0.1, -0.05) is 0 Å². The van der Waals surface area contributed by atoms with E-state index >= 15 is 0 Å². The number of hydrogen-bond acceptors (Lipinski definition) is 9. The van der Waals surface area contributed by atoms with Gasteiger partial charge in [0.1, 0.15) is 10.6 Å². The Morgan fingerprint density at radius 1 is 1.29 bits per heavy atom. The molecule has 11 nitrogen and oxygen atoms in total. The lowest BCUT2D eigenvalue weighted by molar-refractivity contribution is -0.757. The highest BCUT2D eigenvalue weighted by atomic mass is 32.2. The van der Waals surface area contributed by atoms with Crippen molar-refractivity contribution in [3.05, 3.63) is 28.3 Å². The molecule has 0 aliphatic rings. The molecular weight excluding hydrogens is 350 g/mol. The molecule has 0 aliphatic heterocycles. The van der Waals surface area contributed by atoms with Crippen LogP contribution in [0.25, 0.3) is 0 Å². The molecule has 1 aromatic rings. The summed E-state index contributed by atoms with van der Waals surface area (Å²) in [5.41, 5.74) is 0. The molecule has 24 heavy (non-hydrogen) atoms. The smallest absolute Gasteiger partial charge is 0.311 e. The molecular formula is C12H13NO10S. The molecule has 0 aliphatic carbocycles. The molecule has 12 heteroatoms. The van der Waals surface area contributed by atoms with Crippen LogP contribution < -0.4 is 9.47 Å². The van der Waals surface area contributed by atoms with Crippen LogP contribution in [0.15, 0.2) is 23.1 Å². The fourth-order valence-corrected chi connectivity index (χ4v) is 2.16. The zero-order chi connectivity index (χ0) is 18.3. The molecule has 0 spiro atoms. The minimum atomic E-state index is -4.76. The van der Waals surface area contributed by atoms with Gasteiger partial charge in [0.05, 0.1) is 6.61 Å². The summed E-state index contributed by atoms with van der Waals surface area (Å²) in [6.45, 7) is 0.757. The number of esters is 2. The van der Waals surface area contributed by atoms with Crippen molar-refractivity contribution in [2.75, 3.05) is 6.61 Å². The Morgan fingerprint density at radius 3 is 2.50 bits per heavy atom. The van der Waals surface area contributed by atoms with E-state index in [2.05, 4.69) is 9.57 Å². The first-order chi connectivity index (χ1) is 11.1. The van der Waals surface area contributed by atoms with Gasteiger partial charge >= 0.3 is 11.9 Å². The largest absolute Gasteiger partial charge is 0.427 e. The third-order valence-corrected chi connectivity index (χ3v) is 3.28. The van der Waals surface area contributed by atoms with Crippen molar-refractivity contribution in [1.29, 1.82) is 0 Å². The molecule has 0 bridgehead atoms. The number of rotatable bonds is 8. The maximum Gasteiger partial charge on any atom is 0.311 e. The second kappa shape index (κ2) is 8.21. The summed E-state index contributed by atoms with van der Waals surface area (Å²) < 4.78 is 41.3. The van der Waals surface area contributed by atoms with Crippen molar-refractivity contribution in [3.63, 3.8) is 0 Å². The quantitative estimate of drug-likeness (QED) is 0.174. The SMILES string of the molecule is CC(=O)Oc1ccc(OC(=O)CCCO[N+](=O)[O-])c(S(=O)(=O)O)c1. The first kappa shape index (κ1) is 19.3. The van der Waals surface area contributed by atoms with Gasteiger partial charge in [0.25, 0.3) is 15.2 Å². The maximum absolute atomic E-state index is 11.6. The van der Waals surface area contributed by atoms with Crippen LogP contribution in [0.5, 0.6) is 11.5 Å². The predicted octanol–water partition coefficient (Wildman–Crippen LogP) is 0.752. The molecule has 132 valence electrons. The number of hydrogen-bond donors (Lipinski definition) is 1. The van der Waals surface area contributed by atoms with Crippen LogP contribution in [0.1, 0.15) is 19.8 Å². The van der Waals surface area contributed by atoms with Gasteiger partial charge in [-0.25, -0.2) is 0 Å². The average Bonchev–Trinajstić information content (AvgIpc) is 2.43. The highest BCUT2D eigenvalue weighted by Crippen LogP contribution is 2.29. The fraction of sp³-hybridized carbons (Fsp3) is 0.333. The van der Waals surface area contributed by atoms with Crippen LogP contribution in [0.2, 0.25) is 0 Å². The second-order valence-corrected chi connectivity index (χ2v) is 5.70. The Hall–Kier alpha value is -2.73. The Morgan fingerprint density at radius 2 is 1.96 bits per heavy atom. The molecule has 1 N–H and O–H groups in total. The van der Waals surface area contributed by atoms with Gasteiger partial charge in [0.2, 0.25) is 0 Å². The summed E-state index contributed by atoms with van der Waals surface area (Å²) >= 11 is 0. The molecule has 0 aromatic heterocycles. The summed E-state index contributed by atoms with van der Waals surface area (Å²) in [7, 11) is -4.76. The van der Waals surface area contributed by atoms with E-state index in [0.717, 1.165) is 25.1 Å². The molecule has 1 aromatic carbocycles. The summed E-state index contributed by atoms with van der Waals surface area (Å²) in [5.74, 6) is -2.26. The fourth-order valence-electron chi connectivity index (χ4n) is 1.53. The minimum Gasteiger partial charge on any atom is -0.427 e. The molecule has 0 saturated heterocycles. The van der Waals surface area contributed by atoms with Gasteiger partial charge in [0.15, 0.2) is 5.75 Å². The van der Waals surface area contributed by atoms with E-state index in [1.54, 1.807) is 0 Å². The Bertz CT molecular complexity index is 742. The zero-order valence-corrected chi connectivity index (χ0v) is 13.1. The number of carbonyl (C=O) groups is 2. The van der Waals surface area contributed by atoms with Crippen LogP contribution in [0, 0.1) is 10.1 Å². The molecule has 0 heterocycles. The number of carbonyl (C=O) groups excluding carboxylic acids is 2. The van der Waals surface area contributed by atoms with Crippen molar-refractivity contribution < 1.29 is 42.0 Å². The van der Waals surface area contributed by atoms with E-state index in [1.165, 1.54) is 0 Å². The van der Waals surface area contributed by atoms with Crippen LogP contribution in [-0.2, 0) is 24.5 Å². The molecule has 0 saturated carbocycles. The van der Waals surface area contributed by atoms with Gasteiger partial charge in [-0.15, -0.1) is 10.1 Å². The third-order valence-electron chi connectivity index (χ3n) is 2.40. The van der Waals surface area contributed by atoms with Crippen molar-refractivity contribution >= 4 is 22.1 Å². The molecule has 0 unspecified atom stereocenters. The summed E-state index contributed by atoms with van der Waals surface area (Å²) in [6, 6.07) is 3.00. The third kappa shape index (κ3) is 6.58. The monoisotopic (exact) mass is 363 g/mol. The van der Waals surface area contributed by atoms with Gasteiger partial charge in [-0.3, -0.25) is 14.1 Å². The molecule has 0 fully saturated rings. The van der Waals surface area contributed by atoms with Crippen LogP contribution >= 0.6 is 0 Å². The van der Waals surface area contributed by atoms with E-state index in [4.69, 9.17) is 9.29 Å². The minimum absolute atomic E-state index is 0.0352. The number of benzene rings is 1. The van der Waals surface area contributed by atoms with Gasteiger partial charge in [-0.05, 0) is 18.6 Å². The van der Waals surface area contributed by atoms with E-state index in [9.17, 15) is 28.1 Å². The van der Waals surface area contributed by atoms with Crippen molar-refractivity contribution in [1.82, 2.24) is 0 Å². The maximum atomic E-state index is 11.6. The highest BCUT2D eigenvalue weighted by molar-refractivity contribution is 7.86. The lowest BCUT2D eigenvalue weighted by atomic mass is 10.3. The zero-order valence-electron chi connectivity index (χ0n) is 12.3. The first-order valence-electron chi connectivity index (χ1n) is 6.37. The van der Waals surface area contributed by atoms with Crippen molar-refractivity contribution in [2.45, 2.75) is 24.7 Å². The summed E-state index contributed by atoms with van der Waals surface area (Å²) in [4.78, 5) is 35.6. The molecule has 0 atom stereocenters. The first-order valence-corrected chi connectivity index (χ1v) is 7.81. The topological polar surface area (TPSA) is 159 Å². The lowest BCUT2D eigenvalue weighted by Crippen LogP contribution is -2.13. The van der Waals surface area contributed by atoms with E-state index < -0.39 is 37.8 Å². The van der Waals surface area contributed by atoms with E-state index in [1.807, 2.05) is 0 Å². The predicted molar refractivity (Wildman–Crippen MR) is 75.4 cm³/mol. The normalized spacial score (nSPS) is 10.8. The second-order valence-electron chi connectivity index (χ2n) is 4.31. The van der Waals surface area contributed by atoms with Crippen LogP contribution in [0.4, 0.5) is 0 Å². The number of nitrogens with zero attached hydrogens (tertiary/aromatic N) is 1. The van der Waals surface area contributed by atoms with E-state index in [-0.39, 0.29) is 25.2 Å². The Labute approximate surface area is 136 Å². The van der Waals surface area contributed by atoms with Gasteiger partial charge in [-0.2, -0.15) is 8.42 Å². The lowest BCUT2D eigenvalue weighted by Gasteiger charge is -2.10. The van der Waals surface area contributed by atoms with E-state index in [0.29, 0.717) is 0 Å². The molecule has 1 rings (SSSR count). The van der Waals surface area contributed by atoms with Crippen molar-refractivity contribution in [3.8, 4) is 11.5 Å². The Balaban J connectivity index is 2.84. The molecule has 0 radical (unpaired) electrons. The molecule has 0 amide bonds. The standard InChI is InChI=1S/C12H13NO10S/c1-8(14)22-9-4-5-10(11(7-9)24(18,19)20)23-12(15)3-2-6-21-13(16)17/h4-5,7H,2-3,6H2,1H3,(H,18,19,20). The van der Waals surface area contributed by atoms with Crippen molar-refractivity contribution in [2.24, 2.45) is 0 Å². The summed E-state index contributed by atoms with van der Waals surface area (Å²) in [5, 5.41) is 8.92. The van der Waals surface area contributed by atoms with Crippen LogP contribution in [-0.4, -0.2) is 36.6 Å². The van der Waals surface area contributed by atoms with Crippen LogP contribution in [0.3, 0.4) is 0 Å². The number of ether oxygens (including phenoxy) is 2. The Kier molecular flexibility index (Phi) is 6.61.